The maximum Gasteiger partial charge on any atom is 0.256 e. The minimum atomic E-state index is -3.97. The summed E-state index contributed by atoms with van der Waals surface area (Å²) in [6, 6.07) is 5.49. The number of carbonyl (C=O) groups excluding carboxylic acids is 5. The molecule has 5 amide bonds. The first kappa shape index (κ1) is 50.5. The third-order valence-corrected chi connectivity index (χ3v) is 13.3. The van der Waals surface area contributed by atoms with Gasteiger partial charge in [-0.25, -0.2) is 8.42 Å². The number of hydrogen-bond acceptors (Lipinski definition) is 10. The monoisotopic (exact) mass is 837 g/mol. The fourth-order valence-electron chi connectivity index (χ4n) is 7.74. The molecule has 1 heterocycles. The summed E-state index contributed by atoms with van der Waals surface area (Å²) in [5.41, 5.74) is 0.724. The molecule has 1 unspecified atom stereocenters. The molecule has 4 N–H and O–H groups in total. The van der Waals surface area contributed by atoms with Crippen molar-refractivity contribution in [1.82, 2.24) is 30.5 Å². The Labute approximate surface area is 347 Å². The van der Waals surface area contributed by atoms with Crippen LogP contribution in [0.25, 0.3) is 0 Å². The summed E-state index contributed by atoms with van der Waals surface area (Å²) in [4.78, 5) is 72.3. The van der Waals surface area contributed by atoms with Crippen LogP contribution in [0.15, 0.2) is 30.3 Å². The van der Waals surface area contributed by atoms with Crippen molar-refractivity contribution >= 4 is 39.6 Å². The second-order valence-corrected chi connectivity index (χ2v) is 18.9. The maximum atomic E-state index is 14.3. The lowest BCUT2D eigenvalue weighted by Crippen LogP contribution is -2.59. The molecule has 1 aliphatic rings. The summed E-state index contributed by atoms with van der Waals surface area (Å²) in [6.45, 7) is 16.6. The van der Waals surface area contributed by atoms with E-state index in [-0.39, 0.29) is 48.3 Å². The van der Waals surface area contributed by atoms with Gasteiger partial charge in [0.1, 0.15) is 12.1 Å². The third-order valence-electron chi connectivity index (χ3n) is 11.5. The molecule has 1 aromatic carbocycles. The van der Waals surface area contributed by atoms with Crippen molar-refractivity contribution in [2.24, 2.45) is 23.7 Å². The van der Waals surface area contributed by atoms with Crippen molar-refractivity contribution < 1.29 is 41.9 Å². The predicted octanol–water partition coefficient (Wildman–Crippen LogP) is 2.87. The van der Waals surface area contributed by atoms with Crippen LogP contribution < -0.4 is 20.7 Å². The molecular weight excluding hydrogens is 765 g/mol. The fraction of sp³-hybridized carbons (Fsp3) is 0.738. The summed E-state index contributed by atoms with van der Waals surface area (Å²) in [7, 11) is 2.43. The van der Waals surface area contributed by atoms with Crippen LogP contribution in [-0.2, 0) is 49.9 Å². The van der Waals surface area contributed by atoms with E-state index in [2.05, 4.69) is 20.7 Å². The third kappa shape index (κ3) is 13.5. The fourth-order valence-corrected chi connectivity index (χ4v) is 8.40. The van der Waals surface area contributed by atoms with Gasteiger partial charge in [0, 0.05) is 34.2 Å². The van der Waals surface area contributed by atoms with Crippen LogP contribution in [0.1, 0.15) is 93.6 Å². The molecule has 1 aliphatic heterocycles. The van der Waals surface area contributed by atoms with Crippen molar-refractivity contribution in [2.45, 2.75) is 142 Å². The zero-order valence-corrected chi connectivity index (χ0v) is 37.9. The molecule has 1 saturated heterocycles. The molecule has 0 aliphatic carbocycles. The second-order valence-electron chi connectivity index (χ2n) is 16.6. The number of likely N-dealkylation sites (tertiary alicyclic amines) is 1. The van der Waals surface area contributed by atoms with E-state index >= 15 is 0 Å². The van der Waals surface area contributed by atoms with Crippen LogP contribution in [-0.4, -0.2) is 130 Å². The van der Waals surface area contributed by atoms with Gasteiger partial charge in [-0.2, -0.15) is 0 Å². The number of benzene rings is 1. The van der Waals surface area contributed by atoms with Crippen LogP contribution in [0, 0.1) is 23.7 Å². The number of nitrogens with zero attached hydrogens (tertiary/aromatic N) is 2. The van der Waals surface area contributed by atoms with Crippen LogP contribution in [0.3, 0.4) is 0 Å². The summed E-state index contributed by atoms with van der Waals surface area (Å²) in [5.74, 6) is -3.26. The Morgan fingerprint density at radius 3 is 1.97 bits per heavy atom. The summed E-state index contributed by atoms with van der Waals surface area (Å²) in [5, 5.41) is 7.90. The molecular formula is C42H72N6O9S. The zero-order valence-electron chi connectivity index (χ0n) is 37.0. The van der Waals surface area contributed by atoms with Crippen LogP contribution in [0.5, 0.6) is 0 Å². The largest absolute Gasteiger partial charge is 0.379 e. The molecule has 1 fully saturated rings. The van der Waals surface area contributed by atoms with Gasteiger partial charge >= 0.3 is 0 Å². The summed E-state index contributed by atoms with van der Waals surface area (Å²) in [6.07, 6.45) is 0.479. The van der Waals surface area contributed by atoms with E-state index in [0.717, 1.165) is 5.56 Å². The van der Waals surface area contributed by atoms with Gasteiger partial charge in [-0.3, -0.25) is 28.7 Å². The van der Waals surface area contributed by atoms with Crippen LogP contribution in [0.2, 0.25) is 0 Å². The molecule has 1 aromatic rings. The number of nitrogens with one attached hydrogen (secondary N) is 4. The molecule has 0 bridgehead atoms. The summed E-state index contributed by atoms with van der Waals surface area (Å²) >= 11 is 0. The van der Waals surface area contributed by atoms with Gasteiger partial charge in [0.05, 0.1) is 47.9 Å². The molecule has 58 heavy (non-hydrogen) atoms. The quantitative estimate of drug-likeness (QED) is 0.128. The minimum Gasteiger partial charge on any atom is -0.379 e. The number of carbonyl (C=O) groups is 5. The van der Waals surface area contributed by atoms with E-state index in [1.165, 1.54) is 28.1 Å². The highest BCUT2D eigenvalue weighted by molar-refractivity contribution is 7.90. The lowest BCUT2D eigenvalue weighted by Gasteiger charge is -2.41. The number of likely N-dealkylation sites (N-methyl/N-ethyl adjacent to an activating group) is 2. The average molecular weight is 837 g/mol. The van der Waals surface area contributed by atoms with Gasteiger partial charge in [-0.15, -0.1) is 0 Å². The van der Waals surface area contributed by atoms with Crippen LogP contribution >= 0.6 is 0 Å². The molecule has 0 saturated carbocycles. The molecule has 0 spiro atoms. The van der Waals surface area contributed by atoms with E-state index in [1.54, 1.807) is 55.1 Å². The standard InChI is InChI=1S/C42H72N6O9S/c1-14-28(8)37(47(11)42(53)36(26(4)5)45-41(52)35(43-10)25(2)3)33(56-12)24-34(49)48-22-18-21-32(48)38(57-13)29(9)39(50)44-31(23-30-19-16-15-17-20-30)40(51)46-58(54,55)27(6)7/h15-17,19-20,25-29,31-33,35-38,43H,14,18,21-24H2,1-13H3,(H,44,50)(H,45,52)(H,46,51)/t28-,29+,31-,32-,33+,35?,36-,37-,38+/m0/s1. The summed E-state index contributed by atoms with van der Waals surface area (Å²) < 4.78 is 39.3. The van der Waals surface area contributed by atoms with Crippen molar-refractivity contribution in [3.8, 4) is 0 Å². The maximum absolute atomic E-state index is 14.3. The highest BCUT2D eigenvalue weighted by Gasteiger charge is 2.43. The minimum absolute atomic E-state index is 0.00522. The number of ether oxygens (including phenoxy) is 2. The van der Waals surface area contributed by atoms with Gasteiger partial charge in [-0.05, 0) is 57.1 Å². The SMILES string of the molecule is CC[C@H](C)[C@@H]([C@@H](CC(=O)N1CCC[C@H]1[C@H](OC)[C@@H](C)C(=O)N[C@@H](Cc1ccccc1)C(=O)NS(=O)(=O)C(C)C)OC)N(C)C(=O)[C@@H](NC(=O)C(NC)C(C)C)C(C)C. The van der Waals surface area contributed by atoms with Gasteiger partial charge in [0.15, 0.2) is 0 Å². The lowest BCUT2D eigenvalue weighted by molar-refractivity contribution is -0.148. The molecule has 0 aromatic heterocycles. The topological polar surface area (TPSA) is 193 Å². The van der Waals surface area contributed by atoms with E-state index in [1.807, 2.05) is 47.6 Å². The molecule has 2 rings (SSSR count). The molecule has 15 nitrogen and oxygen atoms in total. The van der Waals surface area contributed by atoms with E-state index < -0.39 is 75.4 Å². The van der Waals surface area contributed by atoms with Gasteiger partial charge < -0.3 is 35.2 Å². The van der Waals surface area contributed by atoms with Gasteiger partial charge in [0.25, 0.3) is 5.91 Å². The Balaban J connectivity index is 2.33. The number of methoxy groups -OCH3 is 2. The van der Waals surface area contributed by atoms with Crippen molar-refractivity contribution in [1.29, 1.82) is 0 Å². The van der Waals surface area contributed by atoms with Crippen molar-refractivity contribution in [3.63, 3.8) is 0 Å². The van der Waals surface area contributed by atoms with Gasteiger partial charge in [0.2, 0.25) is 33.7 Å². The van der Waals surface area contributed by atoms with E-state index in [9.17, 15) is 32.4 Å². The number of hydrogen-bond donors (Lipinski definition) is 4. The Hall–Kier alpha value is -3.60. The van der Waals surface area contributed by atoms with Gasteiger partial charge in [-0.1, -0.05) is 85.2 Å². The van der Waals surface area contributed by atoms with Crippen LogP contribution in [0.4, 0.5) is 0 Å². The number of amides is 5. The second kappa shape index (κ2) is 23.3. The van der Waals surface area contributed by atoms with Crippen molar-refractivity contribution in [2.75, 3.05) is 34.9 Å². The predicted molar refractivity (Wildman–Crippen MR) is 225 cm³/mol. The Kier molecular flexibility index (Phi) is 20.3. The molecule has 9 atom stereocenters. The van der Waals surface area contributed by atoms with E-state index in [4.69, 9.17) is 9.47 Å². The highest BCUT2D eigenvalue weighted by atomic mass is 32.2. The van der Waals surface area contributed by atoms with E-state index in [0.29, 0.717) is 25.8 Å². The first-order valence-electron chi connectivity index (χ1n) is 20.7. The average Bonchev–Trinajstić information content (AvgIpc) is 3.66. The Bertz CT molecular complexity index is 1610. The molecule has 330 valence electrons. The lowest BCUT2D eigenvalue weighted by atomic mass is 9.89. The first-order chi connectivity index (χ1) is 27.2. The van der Waals surface area contributed by atoms with Crippen molar-refractivity contribution in [3.05, 3.63) is 35.9 Å². The number of rotatable bonds is 23. The Morgan fingerprint density at radius 2 is 1.47 bits per heavy atom. The molecule has 16 heteroatoms. The smallest absolute Gasteiger partial charge is 0.256 e. The normalized spacial score (nSPS) is 18.8. The first-order valence-corrected chi connectivity index (χ1v) is 22.2. The number of sulfonamides is 1. The zero-order chi connectivity index (χ0) is 44.1. The molecule has 0 radical (unpaired) electrons. The Morgan fingerprint density at radius 1 is 0.862 bits per heavy atom. The highest BCUT2D eigenvalue weighted by Crippen LogP contribution is 2.30.